The molecular formula is C14H23N5O2. The molecule has 0 bridgehead atoms. The predicted octanol–water partition coefficient (Wildman–Crippen LogP) is -0.479. The minimum atomic E-state index is -0.242. The van der Waals surface area contributed by atoms with Gasteiger partial charge in [-0.15, -0.1) is 0 Å². The van der Waals surface area contributed by atoms with Crippen molar-refractivity contribution in [1.82, 2.24) is 20.0 Å². The van der Waals surface area contributed by atoms with Gasteiger partial charge < -0.3 is 15.1 Å². The molecule has 1 aromatic rings. The summed E-state index contributed by atoms with van der Waals surface area (Å²) >= 11 is 0. The summed E-state index contributed by atoms with van der Waals surface area (Å²) in [6, 6.07) is 1.52. The number of nitrogens with one attached hydrogen (secondary N) is 1. The highest BCUT2D eigenvalue weighted by Gasteiger charge is 2.16. The van der Waals surface area contributed by atoms with Gasteiger partial charge in [0, 0.05) is 39.3 Å². The van der Waals surface area contributed by atoms with E-state index in [0.717, 1.165) is 38.3 Å². The zero-order valence-corrected chi connectivity index (χ0v) is 12.7. The van der Waals surface area contributed by atoms with E-state index in [1.165, 1.54) is 10.7 Å². The summed E-state index contributed by atoms with van der Waals surface area (Å²) < 4.78 is 1.23. The first-order valence-corrected chi connectivity index (χ1v) is 7.38. The fraction of sp³-hybridized carbons (Fsp3) is 0.643. The van der Waals surface area contributed by atoms with E-state index in [1.807, 2.05) is 18.9 Å². The van der Waals surface area contributed by atoms with Crippen molar-refractivity contribution in [2.45, 2.75) is 19.9 Å². The first-order valence-electron chi connectivity index (χ1n) is 7.38. The maximum atomic E-state index is 12.2. The molecule has 1 fully saturated rings. The van der Waals surface area contributed by atoms with Crippen molar-refractivity contribution in [3.63, 3.8) is 0 Å². The summed E-state index contributed by atoms with van der Waals surface area (Å²) in [6.07, 6.45) is 2.57. The third-order valence-corrected chi connectivity index (χ3v) is 3.75. The molecule has 0 aromatic carbocycles. The first-order chi connectivity index (χ1) is 10.1. The molecule has 1 saturated heterocycles. The Bertz CT molecular complexity index is 534. The highest BCUT2D eigenvalue weighted by atomic mass is 16.2. The molecular weight excluding hydrogens is 270 g/mol. The molecule has 2 heterocycles. The minimum Gasteiger partial charge on any atom is -0.373 e. The van der Waals surface area contributed by atoms with E-state index in [0.29, 0.717) is 6.54 Å². The normalized spacial score (nSPS) is 15.6. The van der Waals surface area contributed by atoms with Gasteiger partial charge in [-0.3, -0.25) is 9.59 Å². The van der Waals surface area contributed by atoms with E-state index in [4.69, 9.17) is 0 Å². The Morgan fingerprint density at radius 3 is 2.95 bits per heavy atom. The molecule has 1 aliphatic rings. The van der Waals surface area contributed by atoms with Crippen LogP contribution in [0.2, 0.25) is 0 Å². The lowest BCUT2D eigenvalue weighted by Crippen LogP contribution is -2.39. The van der Waals surface area contributed by atoms with Gasteiger partial charge in [0.1, 0.15) is 6.54 Å². The van der Waals surface area contributed by atoms with Crippen molar-refractivity contribution in [1.29, 1.82) is 0 Å². The second-order valence-corrected chi connectivity index (χ2v) is 5.21. The molecule has 0 aliphatic carbocycles. The average Bonchev–Trinajstić information content (AvgIpc) is 2.77. The van der Waals surface area contributed by atoms with Gasteiger partial charge in [0.2, 0.25) is 5.91 Å². The Morgan fingerprint density at radius 1 is 1.43 bits per heavy atom. The standard InChI is InChI=1S/C14H23N5O2/c1-3-17(2)12-9-13(20)19(16-10-12)11-14(21)18-7-4-5-15-6-8-18/h9-10,15H,3-8,11H2,1-2H3. The van der Waals surface area contributed by atoms with Gasteiger partial charge in [-0.25, -0.2) is 4.68 Å². The van der Waals surface area contributed by atoms with Gasteiger partial charge in [0.25, 0.3) is 5.56 Å². The monoisotopic (exact) mass is 293 g/mol. The minimum absolute atomic E-state index is 0.00888. The molecule has 7 nitrogen and oxygen atoms in total. The van der Waals surface area contributed by atoms with Crippen LogP contribution in [-0.2, 0) is 11.3 Å². The van der Waals surface area contributed by atoms with E-state index in [9.17, 15) is 9.59 Å². The molecule has 0 unspecified atom stereocenters. The summed E-state index contributed by atoms with van der Waals surface area (Å²) in [5, 5.41) is 7.36. The molecule has 1 aliphatic heterocycles. The highest BCUT2D eigenvalue weighted by Crippen LogP contribution is 2.06. The van der Waals surface area contributed by atoms with E-state index < -0.39 is 0 Å². The van der Waals surface area contributed by atoms with Crippen molar-refractivity contribution in [3.8, 4) is 0 Å². The van der Waals surface area contributed by atoms with E-state index >= 15 is 0 Å². The molecule has 1 N–H and O–H groups in total. The summed E-state index contributed by atoms with van der Waals surface area (Å²) in [4.78, 5) is 28.0. The van der Waals surface area contributed by atoms with Gasteiger partial charge >= 0.3 is 0 Å². The van der Waals surface area contributed by atoms with Crippen LogP contribution in [0.4, 0.5) is 5.69 Å². The van der Waals surface area contributed by atoms with Crippen LogP contribution in [0.3, 0.4) is 0 Å². The summed E-state index contributed by atoms with van der Waals surface area (Å²) in [5.41, 5.74) is 0.527. The molecule has 1 aromatic heterocycles. The van der Waals surface area contributed by atoms with Crippen LogP contribution < -0.4 is 15.8 Å². The number of carbonyl (C=O) groups excluding carboxylic acids is 1. The van der Waals surface area contributed by atoms with Crippen LogP contribution in [-0.4, -0.2) is 60.4 Å². The topological polar surface area (TPSA) is 70.5 Å². The molecule has 0 saturated carbocycles. The lowest BCUT2D eigenvalue weighted by Gasteiger charge is -2.20. The molecule has 2 rings (SSSR count). The number of nitrogens with zero attached hydrogens (tertiary/aromatic N) is 4. The summed E-state index contributed by atoms with van der Waals surface area (Å²) in [5.74, 6) is -0.0510. The van der Waals surface area contributed by atoms with Gasteiger partial charge in [-0.2, -0.15) is 5.10 Å². The number of anilines is 1. The van der Waals surface area contributed by atoms with Crippen LogP contribution >= 0.6 is 0 Å². The molecule has 0 atom stereocenters. The lowest BCUT2D eigenvalue weighted by molar-refractivity contribution is -0.131. The van der Waals surface area contributed by atoms with E-state index in [1.54, 1.807) is 11.1 Å². The highest BCUT2D eigenvalue weighted by molar-refractivity contribution is 5.75. The number of hydrogen-bond acceptors (Lipinski definition) is 5. The van der Waals surface area contributed by atoms with Gasteiger partial charge in [0.05, 0.1) is 11.9 Å². The Kier molecular flexibility index (Phi) is 5.32. The molecule has 1 amide bonds. The van der Waals surface area contributed by atoms with E-state index in [2.05, 4.69) is 10.4 Å². The molecule has 116 valence electrons. The molecule has 0 radical (unpaired) electrons. The maximum Gasteiger partial charge on any atom is 0.269 e. The number of aromatic nitrogens is 2. The van der Waals surface area contributed by atoms with Crippen LogP contribution in [0.1, 0.15) is 13.3 Å². The van der Waals surface area contributed by atoms with Gasteiger partial charge in [0.15, 0.2) is 0 Å². The first kappa shape index (κ1) is 15.5. The number of amides is 1. The summed E-state index contributed by atoms with van der Waals surface area (Å²) in [6.45, 7) is 5.96. The number of carbonyl (C=O) groups is 1. The fourth-order valence-corrected chi connectivity index (χ4v) is 2.26. The van der Waals surface area contributed by atoms with E-state index in [-0.39, 0.29) is 18.0 Å². The molecule has 0 spiro atoms. The zero-order chi connectivity index (χ0) is 15.2. The third kappa shape index (κ3) is 4.04. The maximum absolute atomic E-state index is 12.2. The van der Waals surface area contributed by atoms with Crippen LogP contribution in [0.25, 0.3) is 0 Å². The van der Waals surface area contributed by atoms with Crippen LogP contribution in [0.15, 0.2) is 17.1 Å². The van der Waals surface area contributed by atoms with Crippen molar-refractivity contribution in [2.75, 3.05) is 44.7 Å². The lowest BCUT2D eigenvalue weighted by atomic mass is 10.3. The Morgan fingerprint density at radius 2 is 2.24 bits per heavy atom. The fourth-order valence-electron chi connectivity index (χ4n) is 2.26. The smallest absolute Gasteiger partial charge is 0.269 e. The van der Waals surface area contributed by atoms with Crippen molar-refractivity contribution >= 4 is 11.6 Å². The third-order valence-electron chi connectivity index (χ3n) is 3.75. The second kappa shape index (κ2) is 7.21. The largest absolute Gasteiger partial charge is 0.373 e. The number of hydrogen-bond donors (Lipinski definition) is 1. The van der Waals surface area contributed by atoms with Crippen molar-refractivity contribution < 1.29 is 4.79 Å². The summed E-state index contributed by atoms with van der Waals surface area (Å²) in [7, 11) is 1.90. The van der Waals surface area contributed by atoms with Crippen LogP contribution in [0.5, 0.6) is 0 Å². The Hall–Kier alpha value is -1.89. The predicted molar refractivity (Wildman–Crippen MR) is 81.5 cm³/mol. The Balaban J connectivity index is 2.05. The van der Waals surface area contributed by atoms with Crippen molar-refractivity contribution in [2.24, 2.45) is 0 Å². The quantitative estimate of drug-likeness (QED) is 0.812. The SMILES string of the molecule is CCN(C)c1cnn(CC(=O)N2CCCNCC2)c(=O)c1. The van der Waals surface area contributed by atoms with Crippen LogP contribution in [0, 0.1) is 0 Å². The van der Waals surface area contributed by atoms with Gasteiger partial charge in [-0.05, 0) is 19.9 Å². The van der Waals surface area contributed by atoms with Gasteiger partial charge in [-0.1, -0.05) is 0 Å². The molecule has 21 heavy (non-hydrogen) atoms. The van der Waals surface area contributed by atoms with Crippen molar-refractivity contribution in [3.05, 3.63) is 22.6 Å². The second-order valence-electron chi connectivity index (χ2n) is 5.21. The molecule has 7 heteroatoms. The average molecular weight is 293 g/mol. The Labute approximate surface area is 124 Å². The number of rotatable bonds is 4. The zero-order valence-electron chi connectivity index (χ0n) is 12.7.